The van der Waals surface area contributed by atoms with Crippen LogP contribution in [0.15, 0.2) is 12.7 Å². The van der Waals surface area contributed by atoms with Crippen molar-refractivity contribution in [1.82, 2.24) is 5.32 Å². The van der Waals surface area contributed by atoms with Gasteiger partial charge in [-0.25, -0.2) is 0 Å². The van der Waals surface area contributed by atoms with E-state index in [4.69, 9.17) is 161 Å². The van der Waals surface area contributed by atoms with E-state index >= 15 is 0 Å². The van der Waals surface area contributed by atoms with Crippen molar-refractivity contribution < 1.29 is 161 Å². The molecule has 35 heteroatoms. The van der Waals surface area contributed by atoms with Crippen molar-refractivity contribution in [2.75, 3.05) is 195 Å². The normalized spacial score (nSPS) is 45.3. The first kappa shape index (κ1) is 84.0. The molecule has 21 saturated heterocycles. The van der Waals surface area contributed by atoms with Crippen LogP contribution in [0.5, 0.6) is 0 Å². The molecule has 0 aromatic rings. The lowest BCUT2D eigenvalue weighted by Crippen LogP contribution is -2.69. The Morgan fingerprint density at radius 1 is 0.220 bits per heavy atom. The molecule has 21 rings (SSSR count). The third kappa shape index (κ3) is 18.5. The lowest BCUT2D eigenvalue weighted by atomic mass is 9.94. The molecule has 584 valence electrons. The number of nitrogens with one attached hydrogen (secondary N) is 1. The van der Waals surface area contributed by atoms with E-state index in [0.29, 0.717) is 6.54 Å². The van der Waals surface area contributed by atoms with Gasteiger partial charge >= 0.3 is 0 Å². The van der Waals surface area contributed by atoms with Crippen LogP contribution >= 0.6 is 0 Å². The third-order valence-electron chi connectivity index (χ3n) is 19.6. The zero-order valence-corrected chi connectivity index (χ0v) is 61.5. The van der Waals surface area contributed by atoms with Crippen molar-refractivity contribution in [2.45, 2.75) is 215 Å². The molecule has 21 fully saturated rings. The number of hydrogen-bond donors (Lipinski definition) is 1. The number of ether oxygens (including phenoxy) is 34. The fourth-order valence-electron chi connectivity index (χ4n) is 15.0. The van der Waals surface area contributed by atoms with E-state index in [0.717, 1.165) is 0 Å². The first-order valence-corrected chi connectivity index (χ1v) is 33.5. The fraction of sp³-hybridized carbons (Fsp3) is 0.969. The fourth-order valence-corrected chi connectivity index (χ4v) is 15.0. The Kier molecular flexibility index (Phi) is 34.9. The molecule has 0 aliphatic carbocycles. The second-order valence-corrected chi connectivity index (χ2v) is 25.0. The zero-order valence-electron chi connectivity index (χ0n) is 61.5. The molecule has 35 atom stereocenters. The minimum atomic E-state index is -1.22. The van der Waals surface area contributed by atoms with Gasteiger partial charge in [0.05, 0.1) is 39.6 Å². The molecule has 0 aromatic carbocycles. The molecular formula is C65H115NO34. The summed E-state index contributed by atoms with van der Waals surface area (Å²) in [5.74, 6) is 0. The van der Waals surface area contributed by atoms with Crippen LogP contribution < -0.4 is 5.32 Å². The average Bonchev–Trinajstić information content (AvgIpc) is 0.768. The minimum absolute atomic E-state index is 0.0353. The van der Waals surface area contributed by atoms with E-state index in [1.165, 1.54) is 142 Å². The van der Waals surface area contributed by atoms with Crippen molar-refractivity contribution >= 4 is 0 Å². The molecule has 0 radical (unpaired) electrons. The molecule has 21 aliphatic heterocycles. The molecule has 35 nitrogen and oxygen atoms in total. The lowest BCUT2D eigenvalue weighted by molar-refractivity contribution is -0.402. The summed E-state index contributed by atoms with van der Waals surface area (Å²) in [6.07, 6.45) is -34.1. The summed E-state index contributed by atoms with van der Waals surface area (Å²) in [6.45, 7) is 4.27. The van der Waals surface area contributed by atoms with E-state index in [-0.39, 0.29) is 46.2 Å². The van der Waals surface area contributed by atoms with Gasteiger partial charge in [-0.2, -0.15) is 0 Å². The van der Waals surface area contributed by atoms with Gasteiger partial charge in [0.15, 0.2) is 44.0 Å². The largest absolute Gasteiger partial charge is 0.382 e. The molecule has 100 heavy (non-hydrogen) atoms. The molecule has 21 heterocycles. The van der Waals surface area contributed by atoms with Crippen LogP contribution in [0, 0.1) is 0 Å². The zero-order chi connectivity index (χ0) is 72.3. The van der Waals surface area contributed by atoms with Crippen LogP contribution in [0.1, 0.15) is 0 Å². The monoisotopic (exact) mass is 1450 g/mol. The van der Waals surface area contributed by atoms with E-state index in [1.54, 1.807) is 6.08 Å². The second-order valence-electron chi connectivity index (χ2n) is 25.0. The van der Waals surface area contributed by atoms with Gasteiger partial charge in [0.1, 0.15) is 171 Å². The SMILES string of the molecule is C=CCNC[C@H]1O[C@@H]2O[C@H]3[C@@H](OC)[C@H](OC)[C@@H](O[C@H]4[C@@H](OC)[C@H](OC)[C@@H](O[C@H]5[C@H](OC)[C@@H](OC)[C@@H](O[C@H]6[C@H](OC)[C@@H](OC)[C@@H](O[C@H]7[C@H](OC)[C@@H](OC)[C@@H](O[C@H]8[C@H](OC)[C@@H](OC)[C@@H](O[C@H]1[C@H](OC)[C@H]2OC)O[C@@H]8COC)O[C@@H]7COC)O[C@@H]6COC)O[C@@H]5COC)O[C@@H]4COC)O[C@@H]3COC. The average molecular weight is 1450 g/mol. The maximum atomic E-state index is 7.12. The van der Waals surface area contributed by atoms with E-state index in [2.05, 4.69) is 11.9 Å². The van der Waals surface area contributed by atoms with E-state index in [1.807, 2.05) is 0 Å². The second kappa shape index (κ2) is 41.6. The Morgan fingerprint density at radius 2 is 0.370 bits per heavy atom. The first-order valence-electron chi connectivity index (χ1n) is 33.5. The molecule has 0 spiro atoms. The van der Waals surface area contributed by atoms with Crippen molar-refractivity contribution in [2.24, 2.45) is 0 Å². The van der Waals surface area contributed by atoms with Crippen LogP contribution in [0.2, 0.25) is 0 Å². The van der Waals surface area contributed by atoms with Crippen LogP contribution in [-0.2, 0) is 161 Å². The molecule has 0 amide bonds. The summed E-state index contributed by atoms with van der Waals surface area (Å²) in [4.78, 5) is 0. The highest BCUT2D eigenvalue weighted by atomic mass is 16.8. The maximum Gasteiger partial charge on any atom is 0.187 e. The minimum Gasteiger partial charge on any atom is -0.382 e. The summed E-state index contributed by atoms with van der Waals surface area (Å²) in [5.41, 5.74) is 0. The van der Waals surface area contributed by atoms with Gasteiger partial charge in [0, 0.05) is 155 Å². The van der Waals surface area contributed by atoms with Crippen molar-refractivity contribution in [3.8, 4) is 0 Å². The van der Waals surface area contributed by atoms with Crippen LogP contribution in [0.4, 0.5) is 0 Å². The van der Waals surface area contributed by atoms with Crippen LogP contribution in [-0.4, -0.2) is 410 Å². The van der Waals surface area contributed by atoms with Gasteiger partial charge in [-0.15, -0.1) is 6.58 Å². The maximum absolute atomic E-state index is 7.12. The Bertz CT molecular complexity index is 2270. The number of methoxy groups -OCH3 is 20. The summed E-state index contributed by atoms with van der Waals surface area (Å²) < 4.78 is 221. The summed E-state index contributed by atoms with van der Waals surface area (Å²) in [5, 5.41) is 3.39. The van der Waals surface area contributed by atoms with E-state index in [9.17, 15) is 0 Å². The van der Waals surface area contributed by atoms with Gasteiger partial charge in [0.2, 0.25) is 0 Å². The number of rotatable bonds is 30. The Morgan fingerprint density at radius 3 is 0.510 bits per heavy atom. The molecular weight excluding hydrogens is 1340 g/mol. The predicted molar refractivity (Wildman–Crippen MR) is 340 cm³/mol. The molecule has 21 aliphatic rings. The Labute approximate surface area is 587 Å². The van der Waals surface area contributed by atoms with Gasteiger partial charge in [-0.3, -0.25) is 0 Å². The first-order chi connectivity index (χ1) is 48.7. The molecule has 14 bridgehead atoms. The summed E-state index contributed by atoms with van der Waals surface area (Å²) in [7, 11) is 30.3. The van der Waals surface area contributed by atoms with E-state index < -0.39 is 215 Å². The smallest absolute Gasteiger partial charge is 0.187 e. The van der Waals surface area contributed by atoms with Crippen molar-refractivity contribution in [3.63, 3.8) is 0 Å². The van der Waals surface area contributed by atoms with Gasteiger partial charge in [-0.1, -0.05) is 6.08 Å². The highest BCUT2D eigenvalue weighted by Crippen LogP contribution is 2.43. The standard InChI is InChI=1S/C65H115NO34/c1-22-23-66-24-31-38-45(73-8)52(80-15)59(87-31)95-39-32(25-67-2)89-61(54(82-17)46(39)74-9)97-41-34(27-69-4)91-63(56(84-19)48(41)76-11)99-43-36(29-71-6)93-65(58(86-21)50(43)78-13)100-44-37(30-72-7)92-64(57(85-20)51(44)79-14)98-42-35(28-70-5)90-62(55(83-18)49(42)77-12)96-40-33(26-68-3)88-60(94-38)53(81-16)47(40)75-10/h22,31-66H,1,23-30H2,2-21H3/t31-,32-,33-,34-,35-,36-,37-,38-,39-,40-,41-,42-,43-,44-,45+,46-,47+,48-,49+,50+,51+,52-,53-,54+,55-,56+,57-,58-,59-,60-,61-,62-,63-,64-,65-/m1/s1. The Balaban J connectivity index is 1.24. The number of hydrogen-bond acceptors (Lipinski definition) is 35. The molecule has 0 saturated carbocycles. The highest BCUT2D eigenvalue weighted by molar-refractivity contribution is 5.04. The predicted octanol–water partition coefficient (Wildman–Crippen LogP) is -1.37. The Hall–Kier alpha value is -1.66. The van der Waals surface area contributed by atoms with Crippen LogP contribution in [0.3, 0.4) is 0 Å². The molecule has 0 aromatic heterocycles. The van der Waals surface area contributed by atoms with Crippen LogP contribution in [0.25, 0.3) is 0 Å². The lowest BCUT2D eigenvalue weighted by Gasteiger charge is -2.52. The molecule has 1 N–H and O–H groups in total. The highest BCUT2D eigenvalue weighted by Gasteiger charge is 2.62. The van der Waals surface area contributed by atoms with Gasteiger partial charge < -0.3 is 166 Å². The van der Waals surface area contributed by atoms with Gasteiger partial charge in [-0.05, 0) is 0 Å². The van der Waals surface area contributed by atoms with Crippen molar-refractivity contribution in [1.29, 1.82) is 0 Å². The third-order valence-corrected chi connectivity index (χ3v) is 19.6. The topological polar surface area (TPSA) is 326 Å². The summed E-state index contributed by atoms with van der Waals surface area (Å²) >= 11 is 0. The van der Waals surface area contributed by atoms with Crippen molar-refractivity contribution in [3.05, 3.63) is 12.7 Å². The van der Waals surface area contributed by atoms with Gasteiger partial charge in [0.25, 0.3) is 0 Å². The molecule has 0 unspecified atom stereocenters. The summed E-state index contributed by atoms with van der Waals surface area (Å²) in [6, 6.07) is 0. The quantitative estimate of drug-likeness (QED) is 0.0641.